The summed E-state index contributed by atoms with van der Waals surface area (Å²) in [5, 5.41) is 13.1. The number of hydrogen-bond acceptors (Lipinski definition) is 7. The van der Waals surface area contributed by atoms with Crippen LogP contribution in [0.3, 0.4) is 0 Å². The van der Waals surface area contributed by atoms with E-state index in [-0.39, 0.29) is 0 Å². The maximum Gasteiger partial charge on any atom is 0.318 e. The van der Waals surface area contributed by atoms with Crippen molar-refractivity contribution >= 4 is 33.9 Å². The van der Waals surface area contributed by atoms with E-state index in [1.165, 1.54) is 6.42 Å². The van der Waals surface area contributed by atoms with Crippen molar-refractivity contribution in [1.29, 1.82) is 0 Å². The van der Waals surface area contributed by atoms with Gasteiger partial charge in [-0.2, -0.15) is 9.97 Å². The summed E-state index contributed by atoms with van der Waals surface area (Å²) in [6.07, 6.45) is 3.99. The normalized spacial score (nSPS) is 18.8. The van der Waals surface area contributed by atoms with Crippen LogP contribution in [-0.2, 0) is 13.0 Å². The van der Waals surface area contributed by atoms with Gasteiger partial charge in [0.25, 0.3) is 0 Å². The fourth-order valence-electron chi connectivity index (χ4n) is 5.32. The molecule has 8 heteroatoms. The fraction of sp³-hybridized carbons (Fsp3) is 0.429. The molecular formula is C28H34ClN5O2. The van der Waals surface area contributed by atoms with Crippen LogP contribution in [0, 0.1) is 0 Å². The van der Waals surface area contributed by atoms with Gasteiger partial charge in [-0.3, -0.25) is 0 Å². The zero-order chi connectivity index (χ0) is 25.2. The molecule has 36 heavy (non-hydrogen) atoms. The van der Waals surface area contributed by atoms with E-state index in [4.69, 9.17) is 26.3 Å². The summed E-state index contributed by atoms with van der Waals surface area (Å²) in [5.74, 6) is 0.811. The summed E-state index contributed by atoms with van der Waals surface area (Å²) in [4.78, 5) is 16.3. The fourth-order valence-corrected chi connectivity index (χ4v) is 5.60. The number of halogens is 1. The number of likely N-dealkylation sites (tertiary alicyclic amines) is 1. The summed E-state index contributed by atoms with van der Waals surface area (Å²) < 4.78 is 6.17. The van der Waals surface area contributed by atoms with Crippen molar-refractivity contribution in [1.82, 2.24) is 14.9 Å². The highest BCUT2D eigenvalue weighted by Crippen LogP contribution is 2.36. The smallest absolute Gasteiger partial charge is 0.318 e. The van der Waals surface area contributed by atoms with E-state index in [0.717, 1.165) is 64.5 Å². The number of fused-ring (bicyclic) bond motifs is 2. The minimum atomic E-state index is -0.643. The Labute approximate surface area is 218 Å². The summed E-state index contributed by atoms with van der Waals surface area (Å²) >= 11 is 6.64. The van der Waals surface area contributed by atoms with Crippen LogP contribution in [0.25, 0.3) is 10.8 Å². The Morgan fingerprint density at radius 2 is 2.06 bits per heavy atom. The molecule has 0 spiro atoms. The van der Waals surface area contributed by atoms with Crippen molar-refractivity contribution in [2.75, 3.05) is 50.1 Å². The monoisotopic (exact) mass is 507 g/mol. The van der Waals surface area contributed by atoms with Crippen molar-refractivity contribution in [3.05, 3.63) is 65.3 Å². The Bertz CT molecular complexity index is 1250. The molecule has 2 aromatic carbocycles. The van der Waals surface area contributed by atoms with E-state index in [0.29, 0.717) is 31.7 Å². The lowest BCUT2D eigenvalue weighted by Crippen LogP contribution is -2.35. The van der Waals surface area contributed by atoms with Gasteiger partial charge in [-0.25, -0.2) is 0 Å². The van der Waals surface area contributed by atoms with Gasteiger partial charge in [-0.15, -0.1) is 6.58 Å². The number of aromatic nitrogens is 2. The molecule has 3 heterocycles. The summed E-state index contributed by atoms with van der Waals surface area (Å²) in [6.45, 7) is 7.22. The number of nitrogens with zero attached hydrogens (tertiary/aromatic N) is 5. The van der Waals surface area contributed by atoms with E-state index < -0.39 is 6.10 Å². The Hall–Kier alpha value is -2.87. The van der Waals surface area contributed by atoms with Gasteiger partial charge in [0.1, 0.15) is 12.4 Å². The number of ether oxygens (including phenoxy) is 1. The maximum absolute atomic E-state index is 10.2. The van der Waals surface area contributed by atoms with Crippen molar-refractivity contribution in [3.8, 4) is 6.01 Å². The van der Waals surface area contributed by atoms with E-state index in [2.05, 4.69) is 47.7 Å². The highest BCUT2D eigenvalue weighted by molar-refractivity contribution is 6.36. The van der Waals surface area contributed by atoms with Crippen LogP contribution in [0.1, 0.15) is 24.1 Å². The van der Waals surface area contributed by atoms with E-state index >= 15 is 0 Å². The summed E-state index contributed by atoms with van der Waals surface area (Å²) in [6, 6.07) is 13.1. The number of hydrogen-bond donors (Lipinski definition) is 1. The molecule has 1 N–H and O–H groups in total. The van der Waals surface area contributed by atoms with Crippen molar-refractivity contribution < 1.29 is 9.84 Å². The lowest BCUT2D eigenvalue weighted by molar-refractivity contribution is 0.187. The lowest BCUT2D eigenvalue weighted by atomic mass is 10.0. The zero-order valence-corrected chi connectivity index (χ0v) is 21.8. The van der Waals surface area contributed by atoms with Crippen molar-refractivity contribution in [3.63, 3.8) is 0 Å². The van der Waals surface area contributed by atoms with Crippen LogP contribution in [0.4, 0.5) is 11.5 Å². The first kappa shape index (κ1) is 24.8. The predicted octanol–water partition coefficient (Wildman–Crippen LogP) is 4.30. The molecule has 5 rings (SSSR count). The molecule has 1 fully saturated rings. The van der Waals surface area contributed by atoms with Crippen LogP contribution >= 0.6 is 11.6 Å². The lowest BCUT2D eigenvalue weighted by Gasteiger charge is -2.33. The number of aliphatic hydroxyl groups excluding tert-OH is 1. The van der Waals surface area contributed by atoms with Gasteiger partial charge in [-0.1, -0.05) is 41.9 Å². The second-order valence-corrected chi connectivity index (χ2v) is 10.2. The Morgan fingerprint density at radius 1 is 1.25 bits per heavy atom. The van der Waals surface area contributed by atoms with Gasteiger partial charge in [0.15, 0.2) is 0 Å². The second-order valence-electron chi connectivity index (χ2n) is 9.81. The molecular weight excluding hydrogens is 474 g/mol. The third kappa shape index (κ3) is 5.01. The molecule has 1 aromatic heterocycles. The first-order valence-corrected chi connectivity index (χ1v) is 13.0. The molecule has 0 bridgehead atoms. The average Bonchev–Trinajstić information content (AvgIpc) is 3.30. The standard InChI is InChI=1S/C28H34ClN5O2/c1-4-21(35)16-33(3)27-22-13-15-34(25-12-6-9-19-8-5-11-23(29)26(19)25)17-24(22)30-28(31-27)36-18-20-10-7-14-32(20)2/h4-6,8-9,11-12,20-21,35H,1,7,10,13-18H2,2-3H3. The molecule has 2 unspecified atom stereocenters. The predicted molar refractivity (Wildman–Crippen MR) is 146 cm³/mol. The second kappa shape index (κ2) is 10.6. The minimum absolute atomic E-state index is 0.378. The molecule has 190 valence electrons. The van der Waals surface area contributed by atoms with Gasteiger partial charge in [0, 0.05) is 42.8 Å². The molecule has 0 amide bonds. The van der Waals surface area contributed by atoms with Crippen molar-refractivity contribution in [2.24, 2.45) is 0 Å². The van der Waals surface area contributed by atoms with Gasteiger partial charge >= 0.3 is 6.01 Å². The Morgan fingerprint density at radius 3 is 2.81 bits per heavy atom. The number of likely N-dealkylation sites (N-methyl/N-ethyl adjacent to an activating group) is 2. The van der Waals surface area contributed by atoms with Gasteiger partial charge in [0.2, 0.25) is 0 Å². The van der Waals surface area contributed by atoms with Gasteiger partial charge in [0.05, 0.1) is 23.4 Å². The number of anilines is 2. The van der Waals surface area contributed by atoms with Crippen LogP contribution < -0.4 is 14.5 Å². The Kier molecular flexibility index (Phi) is 7.32. The SMILES string of the molecule is C=CC(O)CN(C)c1nc(OCC2CCCN2C)nc2c1CCN(c1cccc3cccc(Cl)c13)C2. The molecule has 1 saturated heterocycles. The quantitative estimate of drug-likeness (QED) is 0.456. The third-order valence-electron chi connectivity index (χ3n) is 7.37. The largest absolute Gasteiger partial charge is 0.462 e. The van der Waals surface area contributed by atoms with Crippen molar-refractivity contribution in [2.45, 2.75) is 38.0 Å². The van der Waals surface area contributed by atoms with Gasteiger partial charge in [-0.05, 0) is 50.4 Å². The first-order valence-electron chi connectivity index (χ1n) is 12.6. The first-order chi connectivity index (χ1) is 17.4. The number of benzene rings is 2. The van der Waals surface area contributed by atoms with Crippen LogP contribution in [0.5, 0.6) is 6.01 Å². The average molecular weight is 508 g/mol. The third-order valence-corrected chi connectivity index (χ3v) is 7.68. The summed E-state index contributed by atoms with van der Waals surface area (Å²) in [5.41, 5.74) is 3.15. The summed E-state index contributed by atoms with van der Waals surface area (Å²) in [7, 11) is 4.08. The van der Waals surface area contributed by atoms with E-state index in [1.54, 1.807) is 6.08 Å². The molecule has 2 aliphatic heterocycles. The number of aliphatic hydroxyl groups is 1. The minimum Gasteiger partial charge on any atom is -0.462 e. The Balaban J connectivity index is 1.48. The zero-order valence-electron chi connectivity index (χ0n) is 21.0. The number of rotatable bonds is 8. The highest BCUT2D eigenvalue weighted by Gasteiger charge is 2.27. The van der Waals surface area contributed by atoms with Crippen LogP contribution in [0.15, 0.2) is 49.1 Å². The topological polar surface area (TPSA) is 65.0 Å². The molecule has 7 nitrogen and oxygen atoms in total. The maximum atomic E-state index is 10.2. The van der Waals surface area contributed by atoms with Gasteiger partial charge < -0.3 is 24.5 Å². The van der Waals surface area contributed by atoms with Crippen LogP contribution in [0.2, 0.25) is 5.02 Å². The molecule has 0 saturated carbocycles. The molecule has 3 aromatic rings. The highest BCUT2D eigenvalue weighted by atomic mass is 35.5. The molecule has 2 aliphatic rings. The molecule has 0 aliphatic carbocycles. The van der Waals surface area contributed by atoms with E-state index in [9.17, 15) is 5.11 Å². The van der Waals surface area contributed by atoms with E-state index in [1.807, 2.05) is 24.1 Å². The molecule has 2 atom stereocenters. The van der Waals surface area contributed by atoms with Crippen LogP contribution in [-0.4, -0.2) is 72.5 Å². The molecule has 0 radical (unpaired) electrons.